The number of thiazole rings is 1. The molecular formula is C10H13N3S2. The number of nitrogen functional groups attached to an aromatic ring is 1. The average molecular weight is 239 g/mol. The quantitative estimate of drug-likeness (QED) is 0.861. The van der Waals surface area contributed by atoms with Gasteiger partial charge in [0.15, 0.2) is 0 Å². The fraction of sp³-hybridized carbons (Fsp3) is 0.300. The standard InChI is InChI=1S/C10H13N3S2/c1-7-9(15-6-13-7)4-12-5-10-8(11)2-3-14-10/h2-3,6,12H,4-5,11H2,1H3. The maximum absolute atomic E-state index is 5.79. The van der Waals surface area contributed by atoms with Gasteiger partial charge in [0, 0.05) is 28.5 Å². The molecule has 3 N–H and O–H groups in total. The molecule has 2 rings (SSSR count). The van der Waals surface area contributed by atoms with E-state index >= 15 is 0 Å². The van der Waals surface area contributed by atoms with E-state index in [2.05, 4.69) is 10.3 Å². The van der Waals surface area contributed by atoms with Crippen LogP contribution in [-0.4, -0.2) is 4.98 Å². The van der Waals surface area contributed by atoms with Crippen molar-refractivity contribution in [1.82, 2.24) is 10.3 Å². The summed E-state index contributed by atoms with van der Waals surface area (Å²) in [6, 6.07) is 1.94. The van der Waals surface area contributed by atoms with Crippen LogP contribution in [0.2, 0.25) is 0 Å². The van der Waals surface area contributed by atoms with Crippen LogP contribution in [0, 0.1) is 6.92 Å². The third-order valence-electron chi connectivity index (χ3n) is 2.20. The highest BCUT2D eigenvalue weighted by atomic mass is 32.1. The Hall–Kier alpha value is -0.910. The van der Waals surface area contributed by atoms with Crippen molar-refractivity contribution < 1.29 is 0 Å². The SMILES string of the molecule is Cc1ncsc1CNCc1sccc1N. The lowest BCUT2D eigenvalue weighted by Gasteiger charge is -2.02. The minimum atomic E-state index is 0.834. The summed E-state index contributed by atoms with van der Waals surface area (Å²) >= 11 is 3.38. The smallest absolute Gasteiger partial charge is 0.0798 e. The molecule has 2 heterocycles. The van der Waals surface area contributed by atoms with E-state index in [4.69, 9.17) is 5.73 Å². The second-order valence-electron chi connectivity index (χ2n) is 3.26. The van der Waals surface area contributed by atoms with Crippen LogP contribution in [0.3, 0.4) is 0 Å². The Morgan fingerprint density at radius 3 is 2.73 bits per heavy atom. The molecule has 3 nitrogen and oxygen atoms in total. The summed E-state index contributed by atoms with van der Waals surface area (Å²) in [6.07, 6.45) is 0. The van der Waals surface area contributed by atoms with Crippen LogP contribution in [0.1, 0.15) is 15.4 Å². The molecule has 0 bridgehead atoms. The Morgan fingerprint density at radius 2 is 2.13 bits per heavy atom. The van der Waals surface area contributed by atoms with E-state index in [1.54, 1.807) is 22.7 Å². The summed E-state index contributed by atoms with van der Waals surface area (Å²) in [4.78, 5) is 6.71. The van der Waals surface area contributed by atoms with E-state index < -0.39 is 0 Å². The van der Waals surface area contributed by atoms with Gasteiger partial charge in [-0.3, -0.25) is 0 Å². The van der Waals surface area contributed by atoms with Crippen LogP contribution >= 0.6 is 22.7 Å². The van der Waals surface area contributed by atoms with Crippen molar-refractivity contribution in [3.63, 3.8) is 0 Å². The monoisotopic (exact) mass is 239 g/mol. The highest BCUT2D eigenvalue weighted by Crippen LogP contribution is 2.18. The highest BCUT2D eigenvalue weighted by Gasteiger charge is 2.02. The lowest BCUT2D eigenvalue weighted by Crippen LogP contribution is -2.12. The van der Waals surface area contributed by atoms with E-state index in [1.165, 1.54) is 9.75 Å². The summed E-state index contributed by atoms with van der Waals surface area (Å²) in [5.41, 5.74) is 9.67. The number of aromatic nitrogens is 1. The van der Waals surface area contributed by atoms with Gasteiger partial charge in [-0.05, 0) is 18.4 Å². The first-order valence-corrected chi connectivity index (χ1v) is 6.45. The zero-order valence-electron chi connectivity index (χ0n) is 8.49. The molecule has 0 saturated carbocycles. The van der Waals surface area contributed by atoms with Crippen molar-refractivity contribution in [1.29, 1.82) is 0 Å². The summed E-state index contributed by atoms with van der Waals surface area (Å²) in [7, 11) is 0. The van der Waals surface area contributed by atoms with Gasteiger partial charge in [0.25, 0.3) is 0 Å². The van der Waals surface area contributed by atoms with Gasteiger partial charge in [-0.25, -0.2) is 4.98 Å². The van der Waals surface area contributed by atoms with E-state index in [9.17, 15) is 0 Å². The summed E-state index contributed by atoms with van der Waals surface area (Å²) in [5, 5.41) is 5.39. The molecule has 0 atom stereocenters. The number of rotatable bonds is 4. The average Bonchev–Trinajstić information content (AvgIpc) is 2.78. The van der Waals surface area contributed by atoms with Gasteiger partial charge in [-0.15, -0.1) is 22.7 Å². The van der Waals surface area contributed by atoms with Crippen molar-refractivity contribution >= 4 is 28.4 Å². The van der Waals surface area contributed by atoms with Crippen LogP contribution in [0.4, 0.5) is 5.69 Å². The van der Waals surface area contributed by atoms with Gasteiger partial charge in [-0.2, -0.15) is 0 Å². The normalized spacial score (nSPS) is 10.7. The number of hydrogen-bond acceptors (Lipinski definition) is 5. The summed E-state index contributed by atoms with van der Waals surface area (Å²) < 4.78 is 0. The van der Waals surface area contributed by atoms with Gasteiger partial charge in [0.05, 0.1) is 11.2 Å². The van der Waals surface area contributed by atoms with Crippen molar-refractivity contribution in [3.8, 4) is 0 Å². The van der Waals surface area contributed by atoms with Gasteiger partial charge < -0.3 is 11.1 Å². The molecule has 0 saturated heterocycles. The van der Waals surface area contributed by atoms with Gasteiger partial charge >= 0.3 is 0 Å². The molecule has 2 aromatic rings. The Morgan fingerprint density at radius 1 is 1.33 bits per heavy atom. The Kier molecular flexibility index (Phi) is 3.35. The first-order valence-electron chi connectivity index (χ1n) is 4.69. The molecular weight excluding hydrogens is 226 g/mol. The summed E-state index contributed by atoms with van der Waals surface area (Å²) in [5.74, 6) is 0. The molecule has 0 aliphatic carbocycles. The fourth-order valence-electron chi connectivity index (χ4n) is 1.28. The number of nitrogens with one attached hydrogen (secondary N) is 1. The Bertz CT molecular complexity index is 393. The van der Waals surface area contributed by atoms with Crippen LogP contribution < -0.4 is 11.1 Å². The molecule has 0 aliphatic heterocycles. The minimum absolute atomic E-state index is 0.834. The van der Waals surface area contributed by atoms with Crippen molar-refractivity contribution in [2.75, 3.05) is 5.73 Å². The molecule has 0 unspecified atom stereocenters. The number of anilines is 1. The molecule has 2 aromatic heterocycles. The summed E-state index contributed by atoms with van der Waals surface area (Å²) in [6.45, 7) is 3.74. The highest BCUT2D eigenvalue weighted by molar-refractivity contribution is 7.10. The lowest BCUT2D eigenvalue weighted by atomic mass is 10.3. The van der Waals surface area contributed by atoms with Gasteiger partial charge in [0.2, 0.25) is 0 Å². The van der Waals surface area contributed by atoms with Gasteiger partial charge in [0.1, 0.15) is 0 Å². The number of hydrogen-bond donors (Lipinski definition) is 2. The molecule has 0 aromatic carbocycles. The second kappa shape index (κ2) is 4.74. The maximum Gasteiger partial charge on any atom is 0.0798 e. The number of nitrogens with zero attached hydrogens (tertiary/aromatic N) is 1. The van der Waals surface area contributed by atoms with Crippen LogP contribution in [0.25, 0.3) is 0 Å². The van der Waals surface area contributed by atoms with Crippen molar-refractivity contribution in [2.45, 2.75) is 20.0 Å². The first kappa shape index (κ1) is 10.6. The molecule has 0 aliphatic rings. The third-order valence-corrected chi connectivity index (χ3v) is 4.07. The largest absolute Gasteiger partial charge is 0.398 e. The molecule has 5 heteroatoms. The predicted molar refractivity (Wildman–Crippen MR) is 66.1 cm³/mol. The maximum atomic E-state index is 5.79. The van der Waals surface area contributed by atoms with Crippen molar-refractivity contribution in [2.24, 2.45) is 0 Å². The van der Waals surface area contributed by atoms with Crippen LogP contribution in [0.5, 0.6) is 0 Å². The Balaban J connectivity index is 1.86. The molecule has 0 radical (unpaired) electrons. The lowest BCUT2D eigenvalue weighted by molar-refractivity contribution is 0.706. The molecule has 80 valence electrons. The number of nitrogens with two attached hydrogens (primary N) is 1. The molecule has 15 heavy (non-hydrogen) atoms. The predicted octanol–water partition coefficient (Wildman–Crippen LogP) is 2.39. The molecule has 0 amide bonds. The zero-order valence-corrected chi connectivity index (χ0v) is 10.1. The zero-order chi connectivity index (χ0) is 10.7. The fourth-order valence-corrected chi connectivity index (χ4v) is 2.79. The third kappa shape index (κ3) is 2.56. The topological polar surface area (TPSA) is 50.9 Å². The van der Waals surface area contributed by atoms with E-state index in [0.717, 1.165) is 24.5 Å². The second-order valence-corrected chi connectivity index (χ2v) is 5.20. The van der Waals surface area contributed by atoms with Crippen molar-refractivity contribution in [3.05, 3.63) is 32.4 Å². The van der Waals surface area contributed by atoms with E-state index in [0.29, 0.717) is 0 Å². The van der Waals surface area contributed by atoms with Crippen LogP contribution in [-0.2, 0) is 13.1 Å². The van der Waals surface area contributed by atoms with Gasteiger partial charge in [-0.1, -0.05) is 0 Å². The Labute approximate surface area is 97.0 Å². The number of aryl methyl sites for hydroxylation is 1. The van der Waals surface area contributed by atoms with E-state index in [1.807, 2.05) is 23.9 Å². The minimum Gasteiger partial charge on any atom is -0.398 e. The molecule has 0 spiro atoms. The number of thiophene rings is 1. The molecule has 0 fully saturated rings. The van der Waals surface area contributed by atoms with Crippen LogP contribution in [0.15, 0.2) is 17.0 Å². The van der Waals surface area contributed by atoms with E-state index in [-0.39, 0.29) is 0 Å². The first-order chi connectivity index (χ1) is 7.27.